The Balaban J connectivity index is 1.45. The van der Waals surface area contributed by atoms with E-state index in [1.807, 2.05) is 12.1 Å². The third-order valence-electron chi connectivity index (χ3n) is 7.03. The van der Waals surface area contributed by atoms with Crippen molar-refractivity contribution in [2.45, 2.75) is 37.4 Å². The molecule has 0 aromatic heterocycles. The highest BCUT2D eigenvalue weighted by atomic mass is 16.5. The molecule has 0 bridgehead atoms. The number of imide groups is 2. The molecule has 0 unspecified atom stereocenters. The summed E-state index contributed by atoms with van der Waals surface area (Å²) in [5.41, 5.74) is 2.59. The first-order valence-electron chi connectivity index (χ1n) is 11.6. The van der Waals surface area contributed by atoms with Crippen molar-refractivity contribution in [3.63, 3.8) is 0 Å². The van der Waals surface area contributed by atoms with Crippen LogP contribution in [0.2, 0.25) is 0 Å². The van der Waals surface area contributed by atoms with E-state index in [9.17, 15) is 24.0 Å². The molecular formula is C25H25N5O6. The molecule has 2 heterocycles. The van der Waals surface area contributed by atoms with Crippen molar-refractivity contribution in [2.75, 3.05) is 13.7 Å². The molecule has 186 valence electrons. The number of carbonyl (C=O) groups excluding carboxylic acids is 5. The third kappa shape index (κ3) is 3.92. The smallest absolute Gasteiger partial charge is 0.322 e. The molecule has 0 radical (unpaired) electrons. The van der Waals surface area contributed by atoms with Crippen LogP contribution < -0.4 is 26.0 Å². The fourth-order valence-electron chi connectivity index (χ4n) is 5.31. The second kappa shape index (κ2) is 8.99. The van der Waals surface area contributed by atoms with Crippen molar-refractivity contribution in [3.05, 3.63) is 64.2 Å². The van der Waals surface area contributed by atoms with E-state index in [1.54, 1.807) is 29.2 Å². The molecule has 0 saturated carbocycles. The normalized spacial score (nSPS) is 20.8. The highest BCUT2D eigenvalue weighted by Crippen LogP contribution is 2.39. The van der Waals surface area contributed by atoms with Crippen molar-refractivity contribution in [1.29, 1.82) is 0 Å². The van der Waals surface area contributed by atoms with Crippen LogP contribution in [-0.2, 0) is 28.1 Å². The molecule has 11 heteroatoms. The number of fused-ring (bicyclic) bond motifs is 3. The van der Waals surface area contributed by atoms with Crippen LogP contribution in [0.3, 0.4) is 0 Å². The minimum absolute atomic E-state index is 0.156. The first-order valence-corrected chi connectivity index (χ1v) is 11.6. The van der Waals surface area contributed by atoms with Crippen LogP contribution in [0.25, 0.3) is 0 Å². The van der Waals surface area contributed by atoms with E-state index >= 15 is 0 Å². The van der Waals surface area contributed by atoms with Crippen LogP contribution in [0.1, 0.15) is 51.5 Å². The highest BCUT2D eigenvalue weighted by molar-refractivity contribution is 6.07. The van der Waals surface area contributed by atoms with Crippen LogP contribution in [0, 0.1) is 0 Å². The summed E-state index contributed by atoms with van der Waals surface area (Å²) < 4.78 is 5.24. The van der Waals surface area contributed by atoms with Gasteiger partial charge < -0.3 is 20.3 Å². The monoisotopic (exact) mass is 491 g/mol. The Morgan fingerprint density at radius 2 is 2.03 bits per heavy atom. The molecule has 3 aliphatic rings. The molecule has 11 nitrogen and oxygen atoms in total. The maximum atomic E-state index is 13.1. The summed E-state index contributed by atoms with van der Waals surface area (Å²) in [6.45, 7) is 0.523. The summed E-state index contributed by atoms with van der Waals surface area (Å²) in [5, 5.41) is 9.94. The molecule has 36 heavy (non-hydrogen) atoms. The number of nitrogens with one attached hydrogen (secondary N) is 4. The number of aryl methyl sites for hydroxylation is 1. The van der Waals surface area contributed by atoms with Gasteiger partial charge in [0.2, 0.25) is 6.41 Å². The summed E-state index contributed by atoms with van der Waals surface area (Å²) in [6.07, 6.45) is 2.16. The SMILES string of the molecule is COc1ccc2c(c1)C(=O)N(C[C@H](NC(=O)NC=O)c1ccc3c(c1)CCC[C@]31NC(=O)NC1=O)C2. The fourth-order valence-corrected chi connectivity index (χ4v) is 5.31. The van der Waals surface area contributed by atoms with Crippen LogP contribution in [0.5, 0.6) is 5.75 Å². The maximum absolute atomic E-state index is 13.1. The summed E-state index contributed by atoms with van der Waals surface area (Å²) in [5.74, 6) is 0.0153. The number of nitrogens with zero attached hydrogens (tertiary/aromatic N) is 1. The van der Waals surface area contributed by atoms with Gasteiger partial charge in [-0.15, -0.1) is 0 Å². The second-order valence-corrected chi connectivity index (χ2v) is 9.08. The van der Waals surface area contributed by atoms with Crippen molar-refractivity contribution >= 4 is 30.3 Å². The van der Waals surface area contributed by atoms with Gasteiger partial charge in [0.15, 0.2) is 0 Å². The van der Waals surface area contributed by atoms with Crippen LogP contribution >= 0.6 is 0 Å². The molecule has 5 rings (SSSR count). The molecule has 7 amide bonds. The largest absolute Gasteiger partial charge is 0.497 e. The lowest BCUT2D eigenvalue weighted by Gasteiger charge is -2.34. The lowest BCUT2D eigenvalue weighted by molar-refractivity contribution is -0.124. The Kier molecular flexibility index (Phi) is 5.83. The van der Waals surface area contributed by atoms with Gasteiger partial charge in [-0.3, -0.25) is 25.0 Å². The number of methoxy groups -OCH3 is 1. The summed E-state index contributed by atoms with van der Waals surface area (Å²) >= 11 is 0. The van der Waals surface area contributed by atoms with E-state index in [0.717, 1.165) is 11.1 Å². The van der Waals surface area contributed by atoms with Crippen LogP contribution in [0.4, 0.5) is 9.59 Å². The molecule has 2 aromatic carbocycles. The number of benzene rings is 2. The first-order chi connectivity index (χ1) is 17.3. The predicted molar refractivity (Wildman–Crippen MR) is 126 cm³/mol. The Morgan fingerprint density at radius 3 is 2.75 bits per heavy atom. The van der Waals surface area contributed by atoms with E-state index in [2.05, 4.69) is 21.3 Å². The molecule has 2 aromatic rings. The number of amides is 7. The number of rotatable bonds is 6. The third-order valence-corrected chi connectivity index (χ3v) is 7.03. The quantitative estimate of drug-likeness (QED) is 0.353. The van der Waals surface area contributed by atoms with Gasteiger partial charge in [-0.2, -0.15) is 0 Å². The molecule has 4 N–H and O–H groups in total. The van der Waals surface area contributed by atoms with E-state index in [4.69, 9.17) is 4.74 Å². The minimum Gasteiger partial charge on any atom is -0.497 e. The Labute approximate surface area is 206 Å². The van der Waals surface area contributed by atoms with E-state index in [1.165, 1.54) is 7.11 Å². The first kappa shape index (κ1) is 23.3. The number of urea groups is 2. The maximum Gasteiger partial charge on any atom is 0.322 e. The van der Waals surface area contributed by atoms with Gasteiger partial charge in [0, 0.05) is 18.7 Å². The molecule has 1 fully saturated rings. The van der Waals surface area contributed by atoms with E-state index in [0.29, 0.717) is 48.2 Å². The standard InChI is InChI=1S/C25H25N5O6/c1-36-17-6-4-16-11-30(21(32)18(16)10-17)12-20(27-23(34)26-13-31)15-5-7-19-14(9-15)3-2-8-25(19)22(33)28-24(35)29-25/h4-7,9-10,13,20H,2-3,8,11-12H2,1H3,(H2,26,27,31,34)(H2,28,29,33,35)/t20-,25-/m0/s1. The van der Waals surface area contributed by atoms with Gasteiger partial charge in [0.05, 0.1) is 13.2 Å². The van der Waals surface area contributed by atoms with E-state index < -0.39 is 23.6 Å². The molecule has 1 aliphatic carbocycles. The molecule has 1 saturated heterocycles. The average Bonchev–Trinajstić information content (AvgIpc) is 3.33. The Morgan fingerprint density at radius 1 is 1.19 bits per heavy atom. The number of ether oxygens (including phenoxy) is 1. The zero-order chi connectivity index (χ0) is 25.4. The van der Waals surface area contributed by atoms with E-state index in [-0.39, 0.29) is 24.8 Å². The van der Waals surface area contributed by atoms with Gasteiger partial charge in [0.25, 0.3) is 11.8 Å². The number of carbonyl (C=O) groups is 5. The molecule has 1 spiro atoms. The van der Waals surface area contributed by atoms with Crippen LogP contribution in [-0.4, -0.2) is 48.8 Å². The summed E-state index contributed by atoms with van der Waals surface area (Å²) in [7, 11) is 1.53. The molecule has 2 atom stereocenters. The predicted octanol–water partition coefficient (Wildman–Crippen LogP) is 1.22. The number of hydrogen-bond donors (Lipinski definition) is 4. The van der Waals surface area contributed by atoms with Gasteiger partial charge in [-0.05, 0) is 53.6 Å². The second-order valence-electron chi connectivity index (χ2n) is 9.08. The van der Waals surface area contributed by atoms with Gasteiger partial charge in [0.1, 0.15) is 11.3 Å². The van der Waals surface area contributed by atoms with Gasteiger partial charge in [-0.25, -0.2) is 9.59 Å². The zero-order valence-corrected chi connectivity index (χ0v) is 19.6. The minimum atomic E-state index is -1.10. The summed E-state index contributed by atoms with van der Waals surface area (Å²) in [6, 6.07) is 8.91. The Hall–Kier alpha value is -4.41. The van der Waals surface area contributed by atoms with Gasteiger partial charge in [-0.1, -0.05) is 24.3 Å². The Bertz CT molecular complexity index is 1290. The average molecular weight is 492 g/mol. The lowest BCUT2D eigenvalue weighted by atomic mass is 9.75. The van der Waals surface area contributed by atoms with Crippen molar-refractivity contribution in [3.8, 4) is 5.75 Å². The van der Waals surface area contributed by atoms with Crippen molar-refractivity contribution in [2.24, 2.45) is 0 Å². The number of hydrogen-bond acceptors (Lipinski definition) is 6. The van der Waals surface area contributed by atoms with Crippen LogP contribution in [0.15, 0.2) is 36.4 Å². The topological polar surface area (TPSA) is 146 Å². The van der Waals surface area contributed by atoms with Crippen molar-refractivity contribution < 1.29 is 28.7 Å². The lowest BCUT2D eigenvalue weighted by Crippen LogP contribution is -2.46. The fraction of sp³-hybridized carbons (Fsp3) is 0.320. The zero-order valence-electron chi connectivity index (χ0n) is 19.6. The molecule has 2 aliphatic heterocycles. The van der Waals surface area contributed by atoms with Gasteiger partial charge >= 0.3 is 12.1 Å². The van der Waals surface area contributed by atoms with Crippen molar-refractivity contribution in [1.82, 2.24) is 26.2 Å². The highest BCUT2D eigenvalue weighted by Gasteiger charge is 2.49. The molecular weight excluding hydrogens is 466 g/mol. The summed E-state index contributed by atoms with van der Waals surface area (Å²) in [4.78, 5) is 62.3.